The van der Waals surface area contributed by atoms with Crippen LogP contribution in [-0.4, -0.2) is 68.1 Å². The topological polar surface area (TPSA) is 88.1 Å². The molecule has 20 heavy (non-hydrogen) atoms. The summed E-state index contributed by atoms with van der Waals surface area (Å²) in [6, 6.07) is -1.51. The molecule has 2 amide bonds. The van der Waals surface area contributed by atoms with Crippen molar-refractivity contribution in [3.8, 4) is 0 Å². The van der Waals surface area contributed by atoms with Crippen LogP contribution in [0.1, 0.15) is 20.8 Å². The number of ether oxygens (including phenoxy) is 2. The molecule has 118 valence electrons. The van der Waals surface area contributed by atoms with Crippen LogP contribution in [0.2, 0.25) is 0 Å². The van der Waals surface area contributed by atoms with E-state index in [1.165, 1.54) is 4.90 Å². The van der Waals surface area contributed by atoms with E-state index in [2.05, 4.69) is 5.32 Å². The van der Waals surface area contributed by atoms with Crippen LogP contribution >= 0.6 is 0 Å². The van der Waals surface area contributed by atoms with Gasteiger partial charge < -0.3 is 24.8 Å². The van der Waals surface area contributed by atoms with Crippen LogP contribution < -0.4 is 5.32 Å². The van der Waals surface area contributed by atoms with Gasteiger partial charge >= 0.3 is 12.0 Å². The van der Waals surface area contributed by atoms with E-state index in [0.717, 1.165) is 0 Å². The molecule has 0 aliphatic carbocycles. The van der Waals surface area contributed by atoms with E-state index in [9.17, 15) is 9.59 Å². The van der Waals surface area contributed by atoms with Crippen molar-refractivity contribution in [2.45, 2.75) is 32.9 Å². The van der Waals surface area contributed by atoms with Crippen molar-refractivity contribution in [3.63, 3.8) is 0 Å². The van der Waals surface area contributed by atoms with Gasteiger partial charge in [0.1, 0.15) is 6.04 Å². The maximum atomic E-state index is 12.2. The van der Waals surface area contributed by atoms with Crippen LogP contribution in [0.25, 0.3) is 0 Å². The average molecular weight is 290 g/mol. The number of amides is 2. The first-order valence-corrected chi connectivity index (χ1v) is 6.62. The number of carboxylic acids is 1. The van der Waals surface area contributed by atoms with Gasteiger partial charge in [-0.1, -0.05) is 13.8 Å². The molecule has 0 rings (SSSR count). The Morgan fingerprint density at radius 2 is 1.80 bits per heavy atom. The fraction of sp³-hybridized carbons (Fsp3) is 0.846. The zero-order valence-electron chi connectivity index (χ0n) is 12.9. The highest BCUT2D eigenvalue weighted by Crippen LogP contribution is 2.06. The maximum Gasteiger partial charge on any atom is 0.326 e. The molecule has 2 unspecified atom stereocenters. The Morgan fingerprint density at radius 3 is 2.20 bits per heavy atom. The summed E-state index contributed by atoms with van der Waals surface area (Å²) in [4.78, 5) is 24.9. The molecule has 0 radical (unpaired) electrons. The van der Waals surface area contributed by atoms with Gasteiger partial charge in [-0.05, 0) is 12.8 Å². The minimum Gasteiger partial charge on any atom is -0.480 e. The number of carbonyl (C=O) groups excluding carboxylic acids is 1. The van der Waals surface area contributed by atoms with Crippen LogP contribution in [0.4, 0.5) is 4.79 Å². The van der Waals surface area contributed by atoms with E-state index < -0.39 is 18.0 Å². The van der Waals surface area contributed by atoms with Gasteiger partial charge in [-0.15, -0.1) is 0 Å². The van der Waals surface area contributed by atoms with Gasteiger partial charge in [0.25, 0.3) is 0 Å². The van der Waals surface area contributed by atoms with Crippen LogP contribution in [0.15, 0.2) is 0 Å². The maximum absolute atomic E-state index is 12.2. The first-order valence-electron chi connectivity index (χ1n) is 6.62. The number of aliphatic carboxylic acids is 1. The summed E-state index contributed by atoms with van der Waals surface area (Å²) in [5.74, 6) is -1.24. The lowest BCUT2D eigenvalue weighted by molar-refractivity contribution is -0.140. The van der Waals surface area contributed by atoms with Crippen molar-refractivity contribution < 1.29 is 24.2 Å². The van der Waals surface area contributed by atoms with E-state index in [1.807, 2.05) is 6.92 Å². The Balaban J connectivity index is 4.79. The quantitative estimate of drug-likeness (QED) is 0.655. The second-order valence-corrected chi connectivity index (χ2v) is 5.00. The number of hydrogen-bond donors (Lipinski definition) is 2. The Kier molecular flexibility index (Phi) is 8.91. The number of rotatable bonds is 9. The lowest BCUT2D eigenvalue weighted by atomic mass is 10.1. The zero-order chi connectivity index (χ0) is 15.7. The predicted octanol–water partition coefficient (Wildman–Crippen LogP) is 0.789. The molecular formula is C13H26N2O5. The van der Waals surface area contributed by atoms with E-state index in [0.29, 0.717) is 19.8 Å². The predicted molar refractivity (Wildman–Crippen MR) is 74.7 cm³/mol. The summed E-state index contributed by atoms with van der Waals surface area (Å²) >= 11 is 0. The first-order chi connectivity index (χ1) is 9.34. The number of carboxylic acid groups (broad SMARTS) is 1. The van der Waals surface area contributed by atoms with Crippen molar-refractivity contribution in [2.24, 2.45) is 5.92 Å². The van der Waals surface area contributed by atoms with Gasteiger partial charge in [-0.2, -0.15) is 0 Å². The van der Waals surface area contributed by atoms with Gasteiger partial charge in [-0.25, -0.2) is 9.59 Å². The van der Waals surface area contributed by atoms with Crippen LogP contribution in [0.3, 0.4) is 0 Å². The summed E-state index contributed by atoms with van der Waals surface area (Å²) in [5, 5.41) is 11.7. The lowest BCUT2D eigenvalue weighted by Crippen LogP contribution is -2.54. The number of nitrogens with zero attached hydrogens (tertiary/aromatic N) is 1. The lowest BCUT2D eigenvalue weighted by Gasteiger charge is -2.30. The second kappa shape index (κ2) is 9.55. The molecule has 7 nitrogen and oxygen atoms in total. The third kappa shape index (κ3) is 6.21. The van der Waals surface area contributed by atoms with Crippen LogP contribution in [0, 0.1) is 5.92 Å². The van der Waals surface area contributed by atoms with E-state index >= 15 is 0 Å². The molecule has 0 saturated carbocycles. The Morgan fingerprint density at radius 1 is 1.20 bits per heavy atom. The summed E-state index contributed by atoms with van der Waals surface area (Å²) in [6.07, 6.45) is 0. The third-order valence-electron chi connectivity index (χ3n) is 2.95. The van der Waals surface area contributed by atoms with Crippen molar-refractivity contribution in [3.05, 3.63) is 0 Å². The minimum absolute atomic E-state index is 0.170. The number of hydrogen-bond acceptors (Lipinski definition) is 4. The first kappa shape index (κ1) is 18.7. The van der Waals surface area contributed by atoms with E-state index in [-0.39, 0.29) is 12.0 Å². The van der Waals surface area contributed by atoms with Crippen molar-refractivity contribution in [1.82, 2.24) is 10.2 Å². The standard InChI is InChI=1S/C13H26N2O5/c1-9(2)11(12(16)17)14-13(18)15(6-7-19-4)10(3)8-20-5/h9-11H,6-8H2,1-5H3,(H,14,18)(H,16,17). The minimum atomic E-state index is -1.04. The highest BCUT2D eigenvalue weighted by Gasteiger charge is 2.27. The molecule has 0 saturated heterocycles. The average Bonchev–Trinajstić information content (AvgIpc) is 2.35. The van der Waals surface area contributed by atoms with Crippen molar-refractivity contribution >= 4 is 12.0 Å². The molecule has 0 aromatic heterocycles. The van der Waals surface area contributed by atoms with E-state index in [4.69, 9.17) is 14.6 Å². The fourth-order valence-electron chi connectivity index (χ4n) is 1.77. The molecule has 0 aromatic rings. The second-order valence-electron chi connectivity index (χ2n) is 5.00. The van der Waals surface area contributed by atoms with Gasteiger partial charge in [-0.3, -0.25) is 0 Å². The Hall–Kier alpha value is -1.34. The van der Waals surface area contributed by atoms with E-state index in [1.54, 1.807) is 28.1 Å². The van der Waals surface area contributed by atoms with Crippen molar-refractivity contribution in [1.29, 1.82) is 0 Å². The molecule has 0 aliphatic rings. The normalized spacial score (nSPS) is 13.9. The molecule has 2 atom stereocenters. The fourth-order valence-corrected chi connectivity index (χ4v) is 1.77. The molecule has 7 heteroatoms. The number of urea groups is 1. The molecule has 0 bridgehead atoms. The molecule has 0 aliphatic heterocycles. The summed E-state index contributed by atoms with van der Waals surface area (Å²) in [5.41, 5.74) is 0. The third-order valence-corrected chi connectivity index (χ3v) is 2.95. The van der Waals surface area contributed by atoms with Crippen LogP contribution in [-0.2, 0) is 14.3 Å². The highest BCUT2D eigenvalue weighted by molar-refractivity contribution is 5.82. The van der Waals surface area contributed by atoms with Crippen molar-refractivity contribution in [2.75, 3.05) is 34.0 Å². The van der Waals surface area contributed by atoms with Gasteiger partial charge in [0.2, 0.25) is 0 Å². The summed E-state index contributed by atoms with van der Waals surface area (Å²) in [7, 11) is 3.10. The molecule has 2 N–H and O–H groups in total. The van der Waals surface area contributed by atoms with Crippen LogP contribution in [0.5, 0.6) is 0 Å². The molecular weight excluding hydrogens is 264 g/mol. The van der Waals surface area contributed by atoms with Gasteiger partial charge in [0, 0.05) is 20.8 Å². The molecule has 0 heterocycles. The monoisotopic (exact) mass is 290 g/mol. The number of carbonyl (C=O) groups is 2. The van der Waals surface area contributed by atoms with Gasteiger partial charge in [0.05, 0.1) is 19.3 Å². The molecule has 0 spiro atoms. The Labute approximate surface area is 120 Å². The smallest absolute Gasteiger partial charge is 0.326 e. The Bertz CT molecular complexity index is 309. The molecule has 0 fully saturated rings. The largest absolute Gasteiger partial charge is 0.480 e. The van der Waals surface area contributed by atoms with Gasteiger partial charge in [0.15, 0.2) is 0 Å². The highest BCUT2D eigenvalue weighted by atomic mass is 16.5. The SMILES string of the molecule is COCCN(C(=O)NC(C(=O)O)C(C)C)C(C)COC. The summed E-state index contributed by atoms with van der Waals surface area (Å²) < 4.78 is 10.0. The number of methoxy groups -OCH3 is 2. The zero-order valence-corrected chi connectivity index (χ0v) is 12.9. The number of nitrogens with one attached hydrogen (secondary N) is 1. The summed E-state index contributed by atoms with van der Waals surface area (Å²) in [6.45, 7) is 6.45. The molecule has 0 aromatic carbocycles.